The zero-order valence-electron chi connectivity index (χ0n) is 13.5. The molecule has 0 aliphatic heterocycles. The first-order valence-electron chi connectivity index (χ1n) is 7.63. The lowest BCUT2D eigenvalue weighted by Gasteiger charge is -2.00. The molecule has 120 valence electrons. The molecule has 0 amide bonds. The van der Waals surface area contributed by atoms with Gasteiger partial charge in [-0.2, -0.15) is 0 Å². The van der Waals surface area contributed by atoms with Crippen molar-refractivity contribution in [2.45, 2.75) is 13.8 Å². The molecule has 0 saturated heterocycles. The Balaban J connectivity index is 1.95. The first-order valence-corrected chi connectivity index (χ1v) is 7.63. The van der Waals surface area contributed by atoms with E-state index < -0.39 is 4.92 Å². The van der Waals surface area contributed by atoms with E-state index in [0.717, 1.165) is 11.1 Å². The van der Waals surface area contributed by atoms with Crippen LogP contribution in [-0.4, -0.2) is 4.92 Å². The summed E-state index contributed by atoms with van der Waals surface area (Å²) in [6, 6.07) is 18.7. The molecule has 4 nitrogen and oxygen atoms in total. The minimum Gasteiger partial charge on any atom is -0.456 e. The molecule has 0 saturated carbocycles. The number of hydrogen-bond donors (Lipinski definition) is 0. The summed E-state index contributed by atoms with van der Waals surface area (Å²) < 4.78 is 5.75. The summed E-state index contributed by atoms with van der Waals surface area (Å²) in [5, 5.41) is 11.4. The predicted octanol–water partition coefficient (Wildman–Crippen LogP) is 5.34. The molecule has 0 bridgehead atoms. The van der Waals surface area contributed by atoms with Gasteiger partial charge in [-0.25, -0.2) is 0 Å². The fourth-order valence-corrected chi connectivity index (χ4v) is 2.40. The summed E-state index contributed by atoms with van der Waals surface area (Å²) >= 11 is 0. The number of rotatable bonds is 4. The van der Waals surface area contributed by atoms with Crippen molar-refractivity contribution in [2.24, 2.45) is 0 Å². The van der Waals surface area contributed by atoms with Crippen molar-refractivity contribution in [3.8, 4) is 11.3 Å². The minimum absolute atomic E-state index is 0.0137. The number of nitro groups is 1. The third-order valence-electron chi connectivity index (χ3n) is 3.79. The van der Waals surface area contributed by atoms with E-state index in [1.54, 1.807) is 18.2 Å². The zero-order chi connectivity index (χ0) is 17.1. The van der Waals surface area contributed by atoms with Gasteiger partial charge in [0.15, 0.2) is 0 Å². The van der Waals surface area contributed by atoms with Gasteiger partial charge in [-0.3, -0.25) is 10.1 Å². The number of benzene rings is 2. The number of furan rings is 1. The van der Waals surface area contributed by atoms with Crippen LogP contribution in [0, 0.1) is 24.0 Å². The van der Waals surface area contributed by atoms with Crippen LogP contribution in [0.2, 0.25) is 0 Å². The number of nitrogens with zero attached hydrogens (tertiary/aromatic N) is 1. The van der Waals surface area contributed by atoms with Crippen LogP contribution < -0.4 is 0 Å². The summed E-state index contributed by atoms with van der Waals surface area (Å²) in [6.45, 7) is 3.96. The lowest BCUT2D eigenvalue weighted by Crippen LogP contribution is -1.97. The molecule has 0 N–H and O–H groups in total. The highest BCUT2D eigenvalue weighted by atomic mass is 16.6. The quantitative estimate of drug-likeness (QED) is 0.482. The van der Waals surface area contributed by atoms with Crippen LogP contribution in [0.25, 0.3) is 23.1 Å². The van der Waals surface area contributed by atoms with Gasteiger partial charge in [0.2, 0.25) is 0 Å². The molecule has 3 aromatic rings. The van der Waals surface area contributed by atoms with Gasteiger partial charge >= 0.3 is 0 Å². The molecule has 0 atom stereocenters. The highest BCUT2D eigenvalue weighted by Crippen LogP contribution is 2.26. The summed E-state index contributed by atoms with van der Waals surface area (Å²) in [4.78, 5) is 11.0. The maximum absolute atomic E-state index is 11.4. The van der Waals surface area contributed by atoms with Crippen LogP contribution in [0.5, 0.6) is 0 Å². The maximum Gasteiger partial charge on any atom is 0.280 e. The highest BCUT2D eigenvalue weighted by molar-refractivity contribution is 5.75. The van der Waals surface area contributed by atoms with Gasteiger partial charge < -0.3 is 4.42 Å². The Hall–Kier alpha value is -3.14. The summed E-state index contributed by atoms with van der Waals surface area (Å²) in [7, 11) is 0. The second kappa shape index (κ2) is 6.54. The van der Waals surface area contributed by atoms with Crippen LogP contribution in [-0.2, 0) is 0 Å². The van der Waals surface area contributed by atoms with E-state index in [-0.39, 0.29) is 5.70 Å². The van der Waals surface area contributed by atoms with Crippen molar-refractivity contribution in [2.75, 3.05) is 0 Å². The van der Waals surface area contributed by atoms with E-state index in [9.17, 15) is 10.1 Å². The monoisotopic (exact) mass is 319 g/mol. The van der Waals surface area contributed by atoms with E-state index in [2.05, 4.69) is 0 Å². The van der Waals surface area contributed by atoms with E-state index in [4.69, 9.17) is 4.42 Å². The molecular formula is C20H17NO3. The van der Waals surface area contributed by atoms with Crippen LogP contribution in [0.3, 0.4) is 0 Å². The van der Waals surface area contributed by atoms with E-state index in [1.807, 2.05) is 56.3 Å². The average Bonchev–Trinajstić information content (AvgIpc) is 3.03. The Labute approximate surface area is 140 Å². The Bertz CT molecular complexity index is 887. The Kier molecular flexibility index (Phi) is 4.29. The van der Waals surface area contributed by atoms with Gasteiger partial charge in [-0.1, -0.05) is 47.5 Å². The molecule has 2 aromatic carbocycles. The standard InChI is InChI=1S/C20H17NO3/c1-14-3-7-16(8-4-14)19(21(22)23)13-18-11-12-20(24-18)17-9-5-15(2)6-10-17/h3-13H,1-2H3. The fourth-order valence-electron chi connectivity index (χ4n) is 2.40. The Morgan fingerprint density at radius 1 is 0.917 bits per heavy atom. The van der Waals surface area contributed by atoms with Crippen LogP contribution in [0.4, 0.5) is 0 Å². The molecule has 0 unspecified atom stereocenters. The van der Waals surface area contributed by atoms with Gasteiger partial charge in [0.25, 0.3) is 5.70 Å². The van der Waals surface area contributed by atoms with E-state index in [0.29, 0.717) is 17.1 Å². The number of aryl methyl sites for hydroxylation is 2. The molecule has 0 aliphatic rings. The van der Waals surface area contributed by atoms with E-state index >= 15 is 0 Å². The van der Waals surface area contributed by atoms with Crippen molar-refractivity contribution in [1.29, 1.82) is 0 Å². The molecular weight excluding hydrogens is 302 g/mol. The normalized spacial score (nSPS) is 11.5. The van der Waals surface area contributed by atoms with Gasteiger partial charge in [0, 0.05) is 5.56 Å². The van der Waals surface area contributed by atoms with Gasteiger partial charge in [-0.05, 0) is 38.1 Å². The summed E-state index contributed by atoms with van der Waals surface area (Å²) in [5.41, 5.74) is 3.73. The van der Waals surface area contributed by atoms with Crippen molar-refractivity contribution < 1.29 is 9.34 Å². The average molecular weight is 319 g/mol. The van der Waals surface area contributed by atoms with E-state index in [1.165, 1.54) is 11.6 Å². The molecule has 24 heavy (non-hydrogen) atoms. The largest absolute Gasteiger partial charge is 0.456 e. The topological polar surface area (TPSA) is 56.3 Å². The van der Waals surface area contributed by atoms with Crippen LogP contribution in [0.1, 0.15) is 22.5 Å². The molecule has 3 rings (SSSR count). The van der Waals surface area contributed by atoms with Crippen molar-refractivity contribution in [3.63, 3.8) is 0 Å². The zero-order valence-corrected chi connectivity index (χ0v) is 13.5. The first kappa shape index (κ1) is 15.7. The molecule has 1 aromatic heterocycles. The highest BCUT2D eigenvalue weighted by Gasteiger charge is 2.15. The van der Waals surface area contributed by atoms with Crippen LogP contribution >= 0.6 is 0 Å². The molecule has 1 heterocycles. The SMILES string of the molecule is Cc1ccc(C(=Cc2ccc(-c3ccc(C)cc3)o2)[N+](=O)[O-])cc1. The molecule has 0 radical (unpaired) electrons. The first-order chi connectivity index (χ1) is 11.5. The minimum atomic E-state index is -0.390. The molecule has 4 heteroatoms. The lowest BCUT2D eigenvalue weighted by atomic mass is 10.1. The molecule has 0 spiro atoms. The third-order valence-corrected chi connectivity index (χ3v) is 3.79. The molecule has 0 fully saturated rings. The third kappa shape index (κ3) is 3.43. The summed E-state index contributed by atoms with van der Waals surface area (Å²) in [6.07, 6.45) is 1.46. The summed E-state index contributed by atoms with van der Waals surface area (Å²) in [5.74, 6) is 1.14. The maximum atomic E-state index is 11.4. The fraction of sp³-hybridized carbons (Fsp3) is 0.100. The lowest BCUT2D eigenvalue weighted by molar-refractivity contribution is -0.374. The Morgan fingerprint density at radius 3 is 2.08 bits per heavy atom. The van der Waals surface area contributed by atoms with Gasteiger partial charge in [-0.15, -0.1) is 0 Å². The van der Waals surface area contributed by atoms with Crippen molar-refractivity contribution in [3.05, 3.63) is 93.2 Å². The second-order valence-corrected chi connectivity index (χ2v) is 5.72. The van der Waals surface area contributed by atoms with Gasteiger partial charge in [0.05, 0.1) is 16.6 Å². The molecule has 0 aliphatic carbocycles. The van der Waals surface area contributed by atoms with Gasteiger partial charge in [0.1, 0.15) is 11.5 Å². The van der Waals surface area contributed by atoms with Crippen molar-refractivity contribution in [1.82, 2.24) is 0 Å². The van der Waals surface area contributed by atoms with Crippen molar-refractivity contribution >= 4 is 11.8 Å². The number of hydrogen-bond acceptors (Lipinski definition) is 3. The van der Waals surface area contributed by atoms with Crippen LogP contribution in [0.15, 0.2) is 65.1 Å². The predicted molar refractivity (Wildman–Crippen MR) is 94.9 cm³/mol. The smallest absolute Gasteiger partial charge is 0.280 e. The second-order valence-electron chi connectivity index (χ2n) is 5.72. The Morgan fingerprint density at radius 2 is 1.50 bits per heavy atom.